The van der Waals surface area contributed by atoms with E-state index in [1.54, 1.807) is 5.57 Å². The van der Waals surface area contributed by atoms with Gasteiger partial charge in [-0.15, -0.1) is 11.3 Å². The molecule has 5 rings (SSSR count). The van der Waals surface area contributed by atoms with Gasteiger partial charge in [-0.25, -0.2) is 4.98 Å². The predicted octanol–water partition coefficient (Wildman–Crippen LogP) is 4.99. The summed E-state index contributed by atoms with van der Waals surface area (Å²) < 4.78 is 0. The SMILES string of the molecule is Cc1nc2c(s1)C1=CC[C@H]3[C@@H]4CC[C@H](O)[C@@]4(C)CC[C@@H]3[C@@]1(C)CC2. The second kappa shape index (κ2) is 4.94. The van der Waals surface area contributed by atoms with Crippen LogP contribution in [0.5, 0.6) is 0 Å². The van der Waals surface area contributed by atoms with Crippen molar-refractivity contribution in [1.82, 2.24) is 4.98 Å². The zero-order valence-electron chi connectivity index (χ0n) is 15.1. The zero-order chi connectivity index (χ0) is 16.7. The molecule has 24 heavy (non-hydrogen) atoms. The predicted molar refractivity (Wildman–Crippen MR) is 98.9 cm³/mol. The smallest absolute Gasteiger partial charge is 0.0903 e. The van der Waals surface area contributed by atoms with E-state index in [0.29, 0.717) is 5.41 Å². The lowest BCUT2D eigenvalue weighted by Crippen LogP contribution is -2.50. The first kappa shape index (κ1) is 15.6. The second-order valence-electron chi connectivity index (χ2n) is 9.29. The number of rotatable bonds is 0. The average molecular weight is 344 g/mol. The molecule has 2 fully saturated rings. The molecule has 3 heteroatoms. The molecule has 4 aliphatic carbocycles. The number of allylic oxidation sites excluding steroid dienone is 2. The number of aliphatic hydroxyl groups is 1. The molecule has 0 spiro atoms. The van der Waals surface area contributed by atoms with Gasteiger partial charge in [-0.3, -0.25) is 0 Å². The Hall–Kier alpha value is -0.670. The lowest BCUT2D eigenvalue weighted by Gasteiger charge is -2.56. The van der Waals surface area contributed by atoms with Crippen molar-refractivity contribution >= 4 is 16.9 Å². The molecule has 1 heterocycles. The van der Waals surface area contributed by atoms with Gasteiger partial charge in [-0.1, -0.05) is 19.9 Å². The van der Waals surface area contributed by atoms with Crippen LogP contribution in [0.4, 0.5) is 0 Å². The van der Waals surface area contributed by atoms with Crippen molar-refractivity contribution in [2.75, 3.05) is 0 Å². The number of aromatic nitrogens is 1. The van der Waals surface area contributed by atoms with Gasteiger partial charge in [0, 0.05) is 0 Å². The van der Waals surface area contributed by atoms with Crippen molar-refractivity contribution in [2.24, 2.45) is 28.6 Å². The number of hydrogen-bond donors (Lipinski definition) is 1. The minimum atomic E-state index is -0.0660. The Kier molecular flexibility index (Phi) is 3.21. The summed E-state index contributed by atoms with van der Waals surface area (Å²) in [7, 11) is 0. The molecule has 4 aliphatic rings. The third kappa shape index (κ3) is 1.83. The molecule has 2 saturated carbocycles. The lowest BCUT2D eigenvalue weighted by atomic mass is 9.48. The van der Waals surface area contributed by atoms with E-state index in [1.807, 2.05) is 11.3 Å². The van der Waals surface area contributed by atoms with E-state index in [9.17, 15) is 5.11 Å². The second-order valence-corrected chi connectivity index (χ2v) is 10.5. The largest absolute Gasteiger partial charge is 0.393 e. The van der Waals surface area contributed by atoms with Crippen LogP contribution in [0.15, 0.2) is 6.08 Å². The molecule has 1 aromatic rings. The number of aliphatic hydroxyl groups excluding tert-OH is 1. The minimum absolute atomic E-state index is 0.0660. The molecule has 0 bridgehead atoms. The van der Waals surface area contributed by atoms with Crippen LogP contribution in [0.25, 0.3) is 5.57 Å². The Morgan fingerprint density at radius 3 is 2.83 bits per heavy atom. The fraction of sp³-hybridized carbons (Fsp3) is 0.762. The van der Waals surface area contributed by atoms with E-state index in [0.717, 1.165) is 30.6 Å². The first-order valence-electron chi connectivity index (χ1n) is 9.79. The topological polar surface area (TPSA) is 33.1 Å². The zero-order valence-corrected chi connectivity index (χ0v) is 16.0. The van der Waals surface area contributed by atoms with Crippen LogP contribution in [0.1, 0.15) is 68.0 Å². The van der Waals surface area contributed by atoms with Crippen molar-refractivity contribution in [3.63, 3.8) is 0 Å². The van der Waals surface area contributed by atoms with Crippen LogP contribution in [0, 0.1) is 35.5 Å². The Morgan fingerprint density at radius 1 is 1.17 bits per heavy atom. The van der Waals surface area contributed by atoms with Crippen molar-refractivity contribution in [3.05, 3.63) is 21.7 Å². The number of thiazole rings is 1. The molecule has 6 atom stereocenters. The van der Waals surface area contributed by atoms with Gasteiger partial charge in [0.15, 0.2) is 0 Å². The van der Waals surface area contributed by atoms with Gasteiger partial charge in [0.1, 0.15) is 0 Å². The monoisotopic (exact) mass is 343 g/mol. The van der Waals surface area contributed by atoms with E-state index >= 15 is 0 Å². The minimum Gasteiger partial charge on any atom is -0.393 e. The molecule has 0 saturated heterocycles. The molecule has 0 unspecified atom stereocenters. The van der Waals surface area contributed by atoms with Gasteiger partial charge in [0.25, 0.3) is 0 Å². The van der Waals surface area contributed by atoms with E-state index in [-0.39, 0.29) is 11.5 Å². The van der Waals surface area contributed by atoms with Crippen LogP contribution >= 0.6 is 11.3 Å². The van der Waals surface area contributed by atoms with Crippen LogP contribution < -0.4 is 0 Å². The Bertz CT molecular complexity index is 721. The van der Waals surface area contributed by atoms with Gasteiger partial charge in [0.2, 0.25) is 0 Å². The fourth-order valence-corrected chi connectivity index (χ4v) is 8.11. The van der Waals surface area contributed by atoms with Gasteiger partial charge >= 0.3 is 0 Å². The van der Waals surface area contributed by atoms with Crippen molar-refractivity contribution in [1.29, 1.82) is 0 Å². The summed E-state index contributed by atoms with van der Waals surface area (Å²) in [6.07, 6.45) is 10.9. The molecule has 2 nitrogen and oxygen atoms in total. The normalized spacial score (nSPS) is 46.6. The summed E-state index contributed by atoms with van der Waals surface area (Å²) in [6, 6.07) is 0. The summed E-state index contributed by atoms with van der Waals surface area (Å²) >= 11 is 1.91. The third-order valence-electron chi connectivity index (χ3n) is 8.34. The number of aryl methyl sites for hydroxylation is 2. The van der Waals surface area contributed by atoms with Crippen LogP contribution in [-0.2, 0) is 6.42 Å². The summed E-state index contributed by atoms with van der Waals surface area (Å²) in [5.41, 5.74) is 3.50. The third-order valence-corrected chi connectivity index (χ3v) is 9.39. The first-order chi connectivity index (χ1) is 11.4. The quantitative estimate of drug-likeness (QED) is 0.719. The Labute approximate surface area is 149 Å². The van der Waals surface area contributed by atoms with E-state index in [1.165, 1.54) is 47.7 Å². The highest BCUT2D eigenvalue weighted by Gasteiger charge is 2.58. The molecular weight excluding hydrogens is 314 g/mol. The van der Waals surface area contributed by atoms with Crippen LogP contribution in [0.3, 0.4) is 0 Å². The van der Waals surface area contributed by atoms with E-state index in [4.69, 9.17) is 4.98 Å². The fourth-order valence-electron chi connectivity index (χ4n) is 6.97. The molecule has 130 valence electrons. The van der Waals surface area contributed by atoms with Gasteiger partial charge < -0.3 is 5.11 Å². The summed E-state index contributed by atoms with van der Waals surface area (Å²) in [5, 5.41) is 11.8. The maximum atomic E-state index is 10.6. The van der Waals surface area contributed by atoms with E-state index < -0.39 is 0 Å². The highest BCUT2D eigenvalue weighted by Crippen LogP contribution is 2.66. The van der Waals surface area contributed by atoms with Crippen LogP contribution in [0.2, 0.25) is 0 Å². The highest BCUT2D eigenvalue weighted by atomic mass is 32.1. The number of nitrogens with zero attached hydrogens (tertiary/aromatic N) is 1. The first-order valence-corrected chi connectivity index (χ1v) is 10.6. The van der Waals surface area contributed by atoms with Crippen molar-refractivity contribution in [2.45, 2.75) is 71.8 Å². The molecule has 0 amide bonds. The van der Waals surface area contributed by atoms with Gasteiger partial charge in [-0.2, -0.15) is 0 Å². The van der Waals surface area contributed by atoms with Crippen LogP contribution in [-0.4, -0.2) is 16.2 Å². The maximum Gasteiger partial charge on any atom is 0.0903 e. The molecule has 0 aliphatic heterocycles. The van der Waals surface area contributed by atoms with E-state index in [2.05, 4.69) is 26.8 Å². The molecular formula is C21H29NOS. The summed E-state index contributed by atoms with van der Waals surface area (Å²) in [4.78, 5) is 6.30. The number of hydrogen-bond acceptors (Lipinski definition) is 3. The average Bonchev–Trinajstić information content (AvgIpc) is 3.06. The Morgan fingerprint density at radius 2 is 2.00 bits per heavy atom. The van der Waals surface area contributed by atoms with Gasteiger partial charge in [-0.05, 0) is 86.0 Å². The molecule has 1 N–H and O–H groups in total. The summed E-state index contributed by atoms with van der Waals surface area (Å²) in [6.45, 7) is 7.07. The van der Waals surface area contributed by atoms with Gasteiger partial charge in [0.05, 0.1) is 21.7 Å². The number of fused-ring (bicyclic) bond motifs is 7. The summed E-state index contributed by atoms with van der Waals surface area (Å²) in [5.74, 6) is 2.31. The van der Waals surface area contributed by atoms with Crippen molar-refractivity contribution < 1.29 is 5.11 Å². The standard InChI is InChI=1S/C21H29NOS/c1-12-22-17-9-11-20(2)15-8-10-21(3)14(6-7-18(21)23)13(15)4-5-16(20)19(17)24-12/h5,13-15,18,23H,4,6-11H2,1-3H3/t13-,14-,15-,18-,20+,21-/m0/s1. The molecule has 1 aromatic heterocycles. The highest BCUT2D eigenvalue weighted by molar-refractivity contribution is 7.12. The van der Waals surface area contributed by atoms with Crippen molar-refractivity contribution in [3.8, 4) is 0 Å². The molecule has 0 aromatic carbocycles. The maximum absolute atomic E-state index is 10.6. The lowest BCUT2D eigenvalue weighted by molar-refractivity contribution is -0.0579. The molecule has 0 radical (unpaired) electrons. The Balaban J connectivity index is 1.57.